The molecule has 0 spiro atoms. The first-order valence-electron chi connectivity index (χ1n) is 9.61. The van der Waals surface area contributed by atoms with Crippen molar-refractivity contribution < 1.29 is 14.7 Å². The third kappa shape index (κ3) is 7.40. The molecule has 0 fully saturated rings. The predicted molar refractivity (Wildman–Crippen MR) is 110 cm³/mol. The van der Waals surface area contributed by atoms with E-state index >= 15 is 0 Å². The van der Waals surface area contributed by atoms with Gasteiger partial charge in [-0.05, 0) is 55.9 Å². The van der Waals surface area contributed by atoms with Gasteiger partial charge in [0.1, 0.15) is 11.8 Å². The Morgan fingerprint density at radius 2 is 1.64 bits per heavy atom. The minimum Gasteiger partial charge on any atom is -0.508 e. The maximum Gasteiger partial charge on any atom is 0.242 e. The van der Waals surface area contributed by atoms with Crippen LogP contribution in [-0.4, -0.2) is 35.5 Å². The molecule has 2 aromatic rings. The highest BCUT2D eigenvalue weighted by molar-refractivity contribution is 5.89. The second-order valence-corrected chi connectivity index (χ2v) is 6.94. The van der Waals surface area contributed by atoms with Crippen molar-refractivity contribution in [3.05, 3.63) is 65.7 Å². The van der Waals surface area contributed by atoms with Crippen LogP contribution in [0.2, 0.25) is 0 Å². The Balaban J connectivity index is 1.64. The van der Waals surface area contributed by atoms with E-state index in [0.717, 1.165) is 24.8 Å². The zero-order chi connectivity index (χ0) is 20.4. The van der Waals surface area contributed by atoms with Crippen molar-refractivity contribution in [3.63, 3.8) is 0 Å². The van der Waals surface area contributed by atoms with E-state index < -0.39 is 12.1 Å². The molecule has 150 valence electrons. The third-order valence-corrected chi connectivity index (χ3v) is 4.52. The Morgan fingerprint density at radius 1 is 0.964 bits per heavy atom. The number of unbranched alkanes of at least 4 members (excludes halogenated alkanes) is 1. The fourth-order valence-electron chi connectivity index (χ4n) is 2.83. The van der Waals surface area contributed by atoms with Crippen LogP contribution in [-0.2, 0) is 22.4 Å². The molecule has 28 heavy (non-hydrogen) atoms. The molecule has 0 saturated carbocycles. The van der Waals surface area contributed by atoms with Crippen LogP contribution in [0.3, 0.4) is 0 Å². The van der Waals surface area contributed by atoms with Crippen LogP contribution < -0.4 is 16.4 Å². The molecule has 6 heteroatoms. The number of amides is 2. The van der Waals surface area contributed by atoms with Crippen molar-refractivity contribution in [1.29, 1.82) is 0 Å². The zero-order valence-electron chi connectivity index (χ0n) is 16.2. The van der Waals surface area contributed by atoms with E-state index in [1.54, 1.807) is 31.2 Å². The molecule has 2 rings (SSSR count). The lowest BCUT2D eigenvalue weighted by molar-refractivity contribution is -0.129. The molecule has 2 atom stereocenters. The number of phenolic OH excluding ortho intramolecular Hbond substituents is 1. The van der Waals surface area contributed by atoms with E-state index in [1.165, 1.54) is 5.56 Å². The first kappa shape index (κ1) is 21.4. The summed E-state index contributed by atoms with van der Waals surface area (Å²) in [6.07, 6.45) is 3.18. The molecule has 2 aromatic carbocycles. The van der Waals surface area contributed by atoms with Crippen molar-refractivity contribution in [2.45, 2.75) is 44.7 Å². The lowest BCUT2D eigenvalue weighted by atomic mass is 10.1. The summed E-state index contributed by atoms with van der Waals surface area (Å²) < 4.78 is 0. The number of carbonyl (C=O) groups is 2. The lowest BCUT2D eigenvalue weighted by Crippen LogP contribution is -2.50. The Morgan fingerprint density at radius 3 is 2.32 bits per heavy atom. The van der Waals surface area contributed by atoms with Gasteiger partial charge in [-0.15, -0.1) is 0 Å². The number of carbonyl (C=O) groups excluding carboxylic acids is 2. The molecule has 0 radical (unpaired) electrons. The van der Waals surface area contributed by atoms with E-state index in [-0.39, 0.29) is 17.6 Å². The molecule has 0 heterocycles. The summed E-state index contributed by atoms with van der Waals surface area (Å²) in [6.45, 7) is 2.22. The number of hydrogen-bond donors (Lipinski definition) is 4. The molecule has 0 aromatic heterocycles. The fourth-order valence-corrected chi connectivity index (χ4v) is 2.83. The molecule has 0 bridgehead atoms. The highest BCUT2D eigenvalue weighted by Crippen LogP contribution is 2.11. The number of aromatic hydroxyl groups is 1. The lowest BCUT2D eigenvalue weighted by Gasteiger charge is -2.17. The number of rotatable bonds is 10. The van der Waals surface area contributed by atoms with Crippen molar-refractivity contribution in [2.24, 2.45) is 5.73 Å². The van der Waals surface area contributed by atoms with Gasteiger partial charge in [-0.25, -0.2) is 0 Å². The van der Waals surface area contributed by atoms with Gasteiger partial charge < -0.3 is 21.5 Å². The summed E-state index contributed by atoms with van der Waals surface area (Å²) in [4.78, 5) is 24.3. The second-order valence-electron chi connectivity index (χ2n) is 6.94. The van der Waals surface area contributed by atoms with Crippen molar-refractivity contribution in [1.82, 2.24) is 10.6 Å². The summed E-state index contributed by atoms with van der Waals surface area (Å²) in [5.41, 5.74) is 8.06. The molecule has 6 nitrogen and oxygen atoms in total. The Kier molecular flexibility index (Phi) is 8.49. The van der Waals surface area contributed by atoms with E-state index in [0.29, 0.717) is 13.0 Å². The van der Waals surface area contributed by atoms with Gasteiger partial charge in [-0.3, -0.25) is 9.59 Å². The van der Waals surface area contributed by atoms with Gasteiger partial charge in [0.25, 0.3) is 0 Å². The summed E-state index contributed by atoms with van der Waals surface area (Å²) in [7, 11) is 0. The Bertz CT molecular complexity index is 747. The summed E-state index contributed by atoms with van der Waals surface area (Å²) in [6, 6.07) is 15.4. The highest BCUT2D eigenvalue weighted by atomic mass is 16.3. The third-order valence-electron chi connectivity index (χ3n) is 4.52. The number of hydrogen-bond acceptors (Lipinski definition) is 4. The molecular formula is C22H29N3O3. The first-order chi connectivity index (χ1) is 13.5. The van der Waals surface area contributed by atoms with Crippen LogP contribution in [0.25, 0.3) is 0 Å². The normalized spacial score (nSPS) is 12.8. The summed E-state index contributed by atoms with van der Waals surface area (Å²) in [5.74, 6) is -0.430. The van der Waals surface area contributed by atoms with E-state index in [9.17, 15) is 14.7 Å². The first-order valence-corrected chi connectivity index (χ1v) is 9.61. The smallest absolute Gasteiger partial charge is 0.242 e. The van der Waals surface area contributed by atoms with Gasteiger partial charge in [0.2, 0.25) is 11.8 Å². The van der Waals surface area contributed by atoms with E-state index in [4.69, 9.17) is 5.73 Å². The minimum absolute atomic E-state index is 0.163. The molecule has 0 aliphatic carbocycles. The van der Waals surface area contributed by atoms with Gasteiger partial charge in [0.15, 0.2) is 0 Å². The maximum absolute atomic E-state index is 12.2. The highest BCUT2D eigenvalue weighted by Gasteiger charge is 2.20. The topological polar surface area (TPSA) is 104 Å². The Labute approximate surface area is 166 Å². The average Bonchev–Trinajstić information content (AvgIpc) is 2.70. The molecule has 0 aliphatic heterocycles. The Hall–Kier alpha value is -2.86. The van der Waals surface area contributed by atoms with Crippen molar-refractivity contribution in [2.75, 3.05) is 6.54 Å². The van der Waals surface area contributed by atoms with E-state index in [2.05, 4.69) is 22.8 Å². The second kappa shape index (κ2) is 11.1. The minimum atomic E-state index is -0.759. The van der Waals surface area contributed by atoms with Crippen LogP contribution >= 0.6 is 0 Å². The monoisotopic (exact) mass is 383 g/mol. The van der Waals surface area contributed by atoms with Crippen molar-refractivity contribution >= 4 is 11.8 Å². The van der Waals surface area contributed by atoms with Gasteiger partial charge in [0.05, 0.1) is 6.04 Å². The molecule has 2 amide bonds. The van der Waals surface area contributed by atoms with Crippen molar-refractivity contribution in [3.8, 4) is 5.75 Å². The molecule has 0 saturated heterocycles. The number of benzene rings is 2. The van der Waals surface area contributed by atoms with Gasteiger partial charge >= 0.3 is 0 Å². The maximum atomic E-state index is 12.2. The van der Waals surface area contributed by atoms with Gasteiger partial charge in [-0.1, -0.05) is 42.5 Å². The van der Waals surface area contributed by atoms with E-state index in [1.807, 2.05) is 18.2 Å². The van der Waals surface area contributed by atoms with Crippen LogP contribution in [0.5, 0.6) is 5.75 Å². The average molecular weight is 383 g/mol. The standard InChI is InChI=1S/C22H29N3O3/c1-16(21(27)24-14-6-5-9-17-7-3-2-4-8-17)25-22(28)20(23)15-18-10-12-19(26)13-11-18/h2-4,7-8,10-13,16,20,26H,5-6,9,14-15,23H2,1H3,(H,24,27)(H,25,28)/t16-,20-/m0/s1. The number of phenols is 1. The number of aryl methyl sites for hydroxylation is 1. The van der Waals surface area contributed by atoms with Crippen LogP contribution in [0.4, 0.5) is 0 Å². The van der Waals surface area contributed by atoms with Crippen LogP contribution in [0.15, 0.2) is 54.6 Å². The van der Waals surface area contributed by atoms with Crippen LogP contribution in [0.1, 0.15) is 30.9 Å². The summed E-state index contributed by atoms with van der Waals surface area (Å²) in [5, 5.41) is 14.8. The SMILES string of the molecule is C[C@H](NC(=O)[C@@H](N)Cc1ccc(O)cc1)C(=O)NCCCCc1ccccc1. The summed E-state index contributed by atoms with van der Waals surface area (Å²) >= 11 is 0. The van der Waals surface area contributed by atoms with Crippen LogP contribution in [0, 0.1) is 0 Å². The molecule has 5 N–H and O–H groups in total. The molecule has 0 unspecified atom stereocenters. The van der Waals surface area contributed by atoms with Gasteiger partial charge in [-0.2, -0.15) is 0 Å². The number of nitrogens with one attached hydrogen (secondary N) is 2. The fraction of sp³-hybridized carbons (Fsp3) is 0.364. The molecular weight excluding hydrogens is 354 g/mol. The quantitative estimate of drug-likeness (QED) is 0.470. The van der Waals surface area contributed by atoms with Gasteiger partial charge in [0, 0.05) is 6.54 Å². The number of nitrogens with two attached hydrogens (primary N) is 1. The molecule has 0 aliphatic rings. The predicted octanol–water partition coefficient (Wildman–Crippen LogP) is 1.91. The zero-order valence-corrected chi connectivity index (χ0v) is 16.2. The largest absolute Gasteiger partial charge is 0.508 e.